The molecule has 1 aromatic rings. The molecular weight excluding hydrogens is 243 g/mol. The van der Waals surface area contributed by atoms with E-state index in [0.717, 1.165) is 18.5 Å². The smallest absolute Gasteiger partial charge is 0.146 e. The third kappa shape index (κ3) is 5.57. The first kappa shape index (κ1) is 15.9. The summed E-state index contributed by atoms with van der Waals surface area (Å²) in [7, 11) is 1.88. The van der Waals surface area contributed by atoms with E-state index in [1.165, 1.54) is 0 Å². The molecule has 0 saturated heterocycles. The number of halogens is 1. The van der Waals surface area contributed by atoms with Gasteiger partial charge in [0.15, 0.2) is 0 Å². The zero-order valence-corrected chi connectivity index (χ0v) is 12.2. The first-order chi connectivity index (χ1) is 9.19. The summed E-state index contributed by atoms with van der Waals surface area (Å²) < 4.78 is 19.3. The van der Waals surface area contributed by atoms with Gasteiger partial charge in [0, 0.05) is 26.7 Å². The van der Waals surface area contributed by atoms with Crippen LogP contribution in [0, 0.1) is 5.82 Å². The van der Waals surface area contributed by atoms with Gasteiger partial charge >= 0.3 is 0 Å². The molecule has 108 valence electrons. The fraction of sp³-hybridized carbons (Fsp3) is 0.600. The van der Waals surface area contributed by atoms with Gasteiger partial charge in [-0.15, -0.1) is 0 Å². The van der Waals surface area contributed by atoms with Gasteiger partial charge in [-0.2, -0.15) is 0 Å². The van der Waals surface area contributed by atoms with E-state index in [2.05, 4.69) is 12.2 Å². The van der Waals surface area contributed by atoms with Crippen LogP contribution in [0.15, 0.2) is 18.2 Å². The molecule has 0 radical (unpaired) electrons. The van der Waals surface area contributed by atoms with Crippen LogP contribution in [-0.4, -0.2) is 33.4 Å². The number of ether oxygens (including phenoxy) is 1. The average Bonchev–Trinajstić information content (AvgIpc) is 2.39. The van der Waals surface area contributed by atoms with E-state index in [-0.39, 0.29) is 5.82 Å². The second kappa shape index (κ2) is 8.88. The van der Waals surface area contributed by atoms with Crippen molar-refractivity contribution in [3.05, 3.63) is 29.6 Å². The van der Waals surface area contributed by atoms with Crippen LogP contribution in [0.2, 0.25) is 0 Å². The Bertz CT molecular complexity index is 371. The van der Waals surface area contributed by atoms with Crippen LogP contribution in [0.4, 0.5) is 10.1 Å². The minimum atomic E-state index is -0.171. The lowest BCUT2D eigenvalue weighted by atomic mass is 10.2. The van der Waals surface area contributed by atoms with E-state index in [9.17, 15) is 4.39 Å². The van der Waals surface area contributed by atoms with Crippen molar-refractivity contribution in [2.45, 2.75) is 26.8 Å². The number of hydrogen-bond donors (Lipinski definition) is 1. The summed E-state index contributed by atoms with van der Waals surface area (Å²) in [6, 6.07) is 5.41. The normalized spacial score (nSPS) is 10.7. The number of nitrogens with zero attached hydrogens (tertiary/aromatic N) is 1. The van der Waals surface area contributed by atoms with E-state index in [0.29, 0.717) is 32.0 Å². The van der Waals surface area contributed by atoms with Crippen molar-refractivity contribution in [2.24, 2.45) is 0 Å². The van der Waals surface area contributed by atoms with Crippen LogP contribution < -0.4 is 10.2 Å². The molecule has 0 amide bonds. The number of likely N-dealkylation sites (N-methyl/N-ethyl adjacent to an activating group) is 1. The van der Waals surface area contributed by atoms with Gasteiger partial charge in [0.2, 0.25) is 0 Å². The SMILES string of the molecule is CCCNCc1ccc(N(C)CCOCC)c(F)c1. The Morgan fingerprint density at radius 3 is 2.74 bits per heavy atom. The summed E-state index contributed by atoms with van der Waals surface area (Å²) in [5, 5.41) is 3.27. The van der Waals surface area contributed by atoms with Crippen LogP contribution >= 0.6 is 0 Å². The zero-order valence-electron chi connectivity index (χ0n) is 12.2. The van der Waals surface area contributed by atoms with Crippen LogP contribution in [0.3, 0.4) is 0 Å². The molecule has 3 nitrogen and oxygen atoms in total. The molecular formula is C15H25FN2O. The Hall–Kier alpha value is -1.13. The highest BCUT2D eigenvalue weighted by Gasteiger charge is 2.08. The third-order valence-electron chi connectivity index (χ3n) is 2.95. The predicted molar refractivity (Wildman–Crippen MR) is 78.2 cm³/mol. The largest absolute Gasteiger partial charge is 0.380 e. The molecule has 0 aliphatic heterocycles. The zero-order chi connectivity index (χ0) is 14.1. The van der Waals surface area contributed by atoms with Gasteiger partial charge in [0.1, 0.15) is 5.82 Å². The predicted octanol–water partition coefficient (Wildman–Crippen LogP) is 2.80. The van der Waals surface area contributed by atoms with Crippen molar-refractivity contribution >= 4 is 5.69 Å². The van der Waals surface area contributed by atoms with E-state index in [1.54, 1.807) is 6.07 Å². The molecule has 0 aliphatic carbocycles. The first-order valence-corrected chi connectivity index (χ1v) is 6.97. The number of rotatable bonds is 9. The van der Waals surface area contributed by atoms with Crippen molar-refractivity contribution in [1.29, 1.82) is 0 Å². The second-order valence-corrected chi connectivity index (χ2v) is 4.58. The molecule has 0 aromatic heterocycles. The molecule has 0 heterocycles. The maximum atomic E-state index is 14.0. The van der Waals surface area contributed by atoms with Gasteiger partial charge in [-0.3, -0.25) is 0 Å². The highest BCUT2D eigenvalue weighted by Crippen LogP contribution is 2.19. The van der Waals surface area contributed by atoms with Gasteiger partial charge in [-0.25, -0.2) is 4.39 Å². The molecule has 1 aromatic carbocycles. The summed E-state index contributed by atoms with van der Waals surface area (Å²) in [4.78, 5) is 1.88. The molecule has 0 saturated carbocycles. The quantitative estimate of drug-likeness (QED) is 0.697. The first-order valence-electron chi connectivity index (χ1n) is 6.97. The molecule has 0 bridgehead atoms. The molecule has 0 atom stereocenters. The maximum Gasteiger partial charge on any atom is 0.146 e. The van der Waals surface area contributed by atoms with Crippen LogP contribution in [0.25, 0.3) is 0 Å². The number of hydrogen-bond acceptors (Lipinski definition) is 3. The molecule has 0 spiro atoms. The summed E-state index contributed by atoms with van der Waals surface area (Å²) in [5.41, 5.74) is 1.60. The fourth-order valence-electron chi connectivity index (χ4n) is 1.85. The Labute approximate surface area is 115 Å². The van der Waals surface area contributed by atoms with E-state index < -0.39 is 0 Å². The molecule has 19 heavy (non-hydrogen) atoms. The number of anilines is 1. The van der Waals surface area contributed by atoms with Crippen LogP contribution in [-0.2, 0) is 11.3 Å². The Kier molecular flexibility index (Phi) is 7.45. The van der Waals surface area contributed by atoms with Crippen LogP contribution in [0.1, 0.15) is 25.8 Å². The Morgan fingerprint density at radius 1 is 1.32 bits per heavy atom. The summed E-state index contributed by atoms with van der Waals surface area (Å²) in [6.07, 6.45) is 1.08. The Balaban J connectivity index is 2.55. The highest BCUT2D eigenvalue weighted by molar-refractivity contribution is 5.48. The van der Waals surface area contributed by atoms with Crippen molar-refractivity contribution < 1.29 is 9.13 Å². The summed E-state index contributed by atoms with van der Waals surface area (Å²) in [5.74, 6) is -0.171. The van der Waals surface area contributed by atoms with E-state index in [1.807, 2.05) is 31.0 Å². The molecule has 4 heteroatoms. The van der Waals surface area contributed by atoms with Crippen molar-refractivity contribution in [2.75, 3.05) is 38.3 Å². The highest BCUT2D eigenvalue weighted by atomic mass is 19.1. The van der Waals surface area contributed by atoms with Crippen molar-refractivity contribution in [1.82, 2.24) is 5.32 Å². The summed E-state index contributed by atoms with van der Waals surface area (Å²) >= 11 is 0. The third-order valence-corrected chi connectivity index (χ3v) is 2.95. The Morgan fingerprint density at radius 2 is 2.11 bits per heavy atom. The standard InChI is InChI=1S/C15H25FN2O/c1-4-8-17-12-13-6-7-15(14(16)11-13)18(3)9-10-19-5-2/h6-7,11,17H,4-5,8-10,12H2,1-3H3. The molecule has 0 aliphatic rings. The van der Waals surface area contributed by atoms with Crippen LogP contribution in [0.5, 0.6) is 0 Å². The minimum Gasteiger partial charge on any atom is -0.380 e. The molecule has 1 rings (SSSR count). The molecule has 0 unspecified atom stereocenters. The van der Waals surface area contributed by atoms with Crippen molar-refractivity contribution in [3.63, 3.8) is 0 Å². The monoisotopic (exact) mass is 268 g/mol. The van der Waals surface area contributed by atoms with Gasteiger partial charge in [0.05, 0.1) is 12.3 Å². The lowest BCUT2D eigenvalue weighted by Gasteiger charge is -2.20. The number of nitrogens with one attached hydrogen (secondary N) is 1. The fourth-order valence-corrected chi connectivity index (χ4v) is 1.85. The second-order valence-electron chi connectivity index (χ2n) is 4.58. The van der Waals surface area contributed by atoms with E-state index in [4.69, 9.17) is 4.74 Å². The van der Waals surface area contributed by atoms with Crippen molar-refractivity contribution in [3.8, 4) is 0 Å². The lowest BCUT2D eigenvalue weighted by Crippen LogP contribution is -2.23. The van der Waals surface area contributed by atoms with Gasteiger partial charge < -0.3 is 15.0 Å². The van der Waals surface area contributed by atoms with E-state index >= 15 is 0 Å². The summed E-state index contributed by atoms with van der Waals surface area (Å²) in [6.45, 7) is 7.75. The number of benzene rings is 1. The average molecular weight is 268 g/mol. The van der Waals surface area contributed by atoms with Gasteiger partial charge in [-0.05, 0) is 37.6 Å². The molecule has 1 N–H and O–H groups in total. The maximum absolute atomic E-state index is 14.0. The lowest BCUT2D eigenvalue weighted by molar-refractivity contribution is 0.154. The minimum absolute atomic E-state index is 0.171. The van der Waals surface area contributed by atoms with Gasteiger partial charge in [-0.1, -0.05) is 13.0 Å². The topological polar surface area (TPSA) is 24.5 Å². The van der Waals surface area contributed by atoms with Gasteiger partial charge in [0.25, 0.3) is 0 Å². The molecule has 0 fully saturated rings.